The second-order valence-electron chi connectivity index (χ2n) is 16.1. The minimum absolute atomic E-state index is 0.118. The molecule has 0 aliphatic heterocycles. The molecule has 0 radical (unpaired) electrons. The van der Waals surface area contributed by atoms with Gasteiger partial charge in [0, 0.05) is 41.8 Å². The van der Waals surface area contributed by atoms with E-state index in [-0.39, 0.29) is 9.75 Å². The van der Waals surface area contributed by atoms with E-state index in [2.05, 4.69) is 0 Å². The molecular formula is C59H42F6O2S2. The van der Waals surface area contributed by atoms with Crippen molar-refractivity contribution in [3.8, 4) is 53.3 Å². The minimum Gasteiger partial charge on any atom is -0.497 e. The molecule has 344 valence electrons. The van der Waals surface area contributed by atoms with Crippen LogP contribution in [0.2, 0.25) is 0 Å². The van der Waals surface area contributed by atoms with E-state index in [4.69, 9.17) is 9.47 Å². The molecule has 6 aromatic carbocycles. The van der Waals surface area contributed by atoms with Crippen LogP contribution in [0, 0.1) is 0 Å². The Morgan fingerprint density at radius 2 is 0.681 bits per heavy atom. The number of thiophene rings is 2. The summed E-state index contributed by atoms with van der Waals surface area (Å²) in [5.41, 5.74) is 1.96. The molecule has 0 amide bonds. The molecule has 1 aliphatic carbocycles. The van der Waals surface area contributed by atoms with Crippen LogP contribution in [0.15, 0.2) is 194 Å². The standard InChI is InChI=1S/C59H42F6O2S2/c1-66-47-33-29-45(30-34-47)55-49(37-51(68-55)43-25-21-41(22-26-43)19-11-9-17-39-13-5-3-6-14-39)53-54(58(62,63)59(64,65)57(53,60)61)50-38-52(69-56(50)46-31-35-48(67-2)36-32-46)44-27-23-42(24-28-44)20-12-10-18-40-15-7-4-8-16-40/h3-38H,1-2H3. The second kappa shape index (κ2) is 19.7. The lowest BCUT2D eigenvalue weighted by molar-refractivity contribution is -0.254. The molecule has 0 unspecified atom stereocenters. The quantitative estimate of drug-likeness (QED) is 0.0799. The molecule has 9 rings (SSSR count). The van der Waals surface area contributed by atoms with E-state index < -0.39 is 40.0 Å². The fourth-order valence-corrected chi connectivity index (χ4v) is 10.4. The molecule has 0 fully saturated rings. The summed E-state index contributed by atoms with van der Waals surface area (Å²) in [6.45, 7) is 0. The van der Waals surface area contributed by atoms with E-state index in [1.807, 2.05) is 134 Å². The summed E-state index contributed by atoms with van der Waals surface area (Å²) in [5.74, 6) is -15.5. The smallest absolute Gasteiger partial charge is 0.380 e. The van der Waals surface area contributed by atoms with Crippen molar-refractivity contribution in [3.63, 3.8) is 0 Å². The maximum atomic E-state index is 16.9. The third kappa shape index (κ3) is 9.42. The molecule has 2 nitrogen and oxygen atoms in total. The zero-order valence-corrected chi connectivity index (χ0v) is 38.8. The van der Waals surface area contributed by atoms with Crippen LogP contribution in [-0.4, -0.2) is 32.0 Å². The van der Waals surface area contributed by atoms with Gasteiger partial charge >= 0.3 is 17.8 Å². The molecule has 0 saturated heterocycles. The maximum Gasteiger partial charge on any atom is 0.380 e. The fourth-order valence-electron chi connectivity index (χ4n) is 8.10. The third-order valence-corrected chi connectivity index (χ3v) is 14.2. The van der Waals surface area contributed by atoms with Gasteiger partial charge in [-0.2, -0.15) is 26.3 Å². The Morgan fingerprint density at radius 3 is 1.00 bits per heavy atom. The summed E-state index contributed by atoms with van der Waals surface area (Å²) >= 11 is 2.11. The van der Waals surface area contributed by atoms with E-state index in [9.17, 15) is 0 Å². The molecule has 10 heteroatoms. The van der Waals surface area contributed by atoms with Gasteiger partial charge < -0.3 is 9.47 Å². The molecule has 0 atom stereocenters. The Kier molecular flexibility index (Phi) is 13.3. The summed E-state index contributed by atoms with van der Waals surface area (Å²) in [6.07, 6.45) is 15.3. The molecule has 1 aliphatic rings. The lowest BCUT2D eigenvalue weighted by Crippen LogP contribution is -2.48. The molecule has 0 saturated carbocycles. The summed E-state index contributed by atoms with van der Waals surface area (Å²) < 4.78 is 111. The Hall–Kier alpha value is -7.40. The second-order valence-corrected chi connectivity index (χ2v) is 18.2. The van der Waals surface area contributed by atoms with Crippen molar-refractivity contribution in [2.24, 2.45) is 0 Å². The SMILES string of the molecule is COc1ccc(-c2sc(-c3ccc(C=CC=Cc4ccccc4)cc3)cc2C2=C(c3cc(-c4ccc(C=CC=Cc5ccccc5)cc4)sc3-c3ccc(OC)cc3)C(F)(F)C(F)(F)C2(F)F)cc1. The highest BCUT2D eigenvalue weighted by atomic mass is 32.1. The van der Waals surface area contributed by atoms with Crippen LogP contribution in [0.4, 0.5) is 26.3 Å². The van der Waals surface area contributed by atoms with Gasteiger partial charge in [-0.05, 0) is 105 Å². The van der Waals surface area contributed by atoms with Crippen molar-refractivity contribution in [2.45, 2.75) is 17.8 Å². The molecule has 8 aromatic rings. The van der Waals surface area contributed by atoms with Crippen molar-refractivity contribution in [1.82, 2.24) is 0 Å². The predicted octanol–water partition coefficient (Wildman–Crippen LogP) is 17.8. The average molecular weight is 961 g/mol. The molecule has 2 heterocycles. The predicted molar refractivity (Wildman–Crippen MR) is 274 cm³/mol. The van der Waals surface area contributed by atoms with Crippen LogP contribution in [0.3, 0.4) is 0 Å². The van der Waals surface area contributed by atoms with E-state index in [1.54, 1.807) is 72.8 Å². The number of benzene rings is 6. The summed E-state index contributed by atoms with van der Waals surface area (Å²) in [6, 6.07) is 49.6. The van der Waals surface area contributed by atoms with Gasteiger partial charge in [-0.1, -0.05) is 158 Å². The Labute approximate surface area is 404 Å². The number of methoxy groups -OCH3 is 2. The molecule has 69 heavy (non-hydrogen) atoms. The highest BCUT2D eigenvalue weighted by molar-refractivity contribution is 7.19. The van der Waals surface area contributed by atoms with Gasteiger partial charge in [0.05, 0.1) is 14.2 Å². The first-order valence-electron chi connectivity index (χ1n) is 21.8. The van der Waals surface area contributed by atoms with Crippen molar-refractivity contribution in [1.29, 1.82) is 0 Å². The largest absolute Gasteiger partial charge is 0.497 e. The topological polar surface area (TPSA) is 18.5 Å². The first kappa shape index (κ1) is 46.7. The molecule has 2 aromatic heterocycles. The van der Waals surface area contributed by atoms with E-state index in [0.29, 0.717) is 43.5 Å². The van der Waals surface area contributed by atoms with Gasteiger partial charge in [0.15, 0.2) is 0 Å². The number of hydrogen-bond donors (Lipinski definition) is 0. The van der Waals surface area contributed by atoms with Gasteiger partial charge in [0.25, 0.3) is 0 Å². The van der Waals surface area contributed by atoms with Crippen LogP contribution in [0.5, 0.6) is 11.5 Å². The lowest BCUT2D eigenvalue weighted by Gasteiger charge is -2.26. The normalized spacial score (nSPS) is 15.3. The van der Waals surface area contributed by atoms with Gasteiger partial charge in [-0.15, -0.1) is 22.7 Å². The molecule has 0 spiro atoms. The molecule has 0 bridgehead atoms. The number of ether oxygens (including phenoxy) is 2. The van der Waals surface area contributed by atoms with E-state index >= 15 is 26.3 Å². The third-order valence-electron chi connectivity index (χ3n) is 11.7. The number of rotatable bonds is 14. The maximum absolute atomic E-state index is 16.9. The number of hydrogen-bond acceptors (Lipinski definition) is 4. The van der Waals surface area contributed by atoms with Crippen LogP contribution in [0.1, 0.15) is 33.4 Å². The van der Waals surface area contributed by atoms with Crippen molar-refractivity contribution in [3.05, 3.63) is 228 Å². The highest BCUT2D eigenvalue weighted by Gasteiger charge is 2.80. The number of allylic oxidation sites excluding steroid dienone is 6. The summed E-state index contributed by atoms with van der Waals surface area (Å²) in [4.78, 5) is 1.07. The van der Waals surface area contributed by atoms with Gasteiger partial charge in [-0.25, -0.2) is 0 Å². The Morgan fingerprint density at radius 1 is 0.377 bits per heavy atom. The summed E-state index contributed by atoms with van der Waals surface area (Å²) in [5, 5.41) is 0. The minimum atomic E-state index is -5.80. The summed E-state index contributed by atoms with van der Waals surface area (Å²) in [7, 11) is 2.94. The van der Waals surface area contributed by atoms with Gasteiger partial charge in [0.1, 0.15) is 11.5 Å². The average Bonchev–Trinajstić information content (AvgIpc) is 4.04. The molecule has 0 N–H and O–H groups in total. The van der Waals surface area contributed by atoms with Crippen LogP contribution < -0.4 is 9.47 Å². The Balaban J connectivity index is 1.18. The van der Waals surface area contributed by atoms with Crippen molar-refractivity contribution in [2.75, 3.05) is 14.2 Å². The van der Waals surface area contributed by atoms with Crippen molar-refractivity contribution < 1.29 is 35.8 Å². The number of halogens is 6. The monoisotopic (exact) mass is 960 g/mol. The first-order chi connectivity index (χ1) is 33.4. The van der Waals surface area contributed by atoms with E-state index in [1.165, 1.54) is 26.4 Å². The van der Waals surface area contributed by atoms with Gasteiger partial charge in [0.2, 0.25) is 0 Å². The first-order valence-corrected chi connectivity index (χ1v) is 23.5. The van der Waals surface area contributed by atoms with E-state index in [0.717, 1.165) is 44.9 Å². The molecular weight excluding hydrogens is 919 g/mol. The van der Waals surface area contributed by atoms with Crippen LogP contribution in [0.25, 0.3) is 77.2 Å². The van der Waals surface area contributed by atoms with Crippen LogP contribution >= 0.6 is 22.7 Å². The van der Waals surface area contributed by atoms with Crippen molar-refractivity contribution >= 4 is 58.1 Å². The zero-order valence-electron chi connectivity index (χ0n) is 37.2. The number of alkyl halides is 6. The highest BCUT2D eigenvalue weighted by Crippen LogP contribution is 2.67. The lowest BCUT2D eigenvalue weighted by atomic mass is 9.91. The Bertz CT molecular complexity index is 3000. The fraction of sp³-hybridized carbons (Fsp3) is 0.0847. The van der Waals surface area contributed by atoms with Gasteiger partial charge in [-0.3, -0.25) is 0 Å². The van der Waals surface area contributed by atoms with Crippen LogP contribution in [-0.2, 0) is 0 Å². The zero-order chi connectivity index (χ0) is 48.2.